The van der Waals surface area contributed by atoms with E-state index in [2.05, 4.69) is 33.5 Å². The number of hydrogen-bond acceptors (Lipinski definition) is 5. The van der Waals surface area contributed by atoms with Crippen LogP contribution < -0.4 is 11.1 Å². The third kappa shape index (κ3) is 5.63. The van der Waals surface area contributed by atoms with Gasteiger partial charge in [0.15, 0.2) is 0 Å². The highest BCUT2D eigenvalue weighted by Crippen LogP contribution is 2.40. The van der Waals surface area contributed by atoms with E-state index in [0.717, 1.165) is 27.1 Å². The van der Waals surface area contributed by atoms with Gasteiger partial charge in [-0.1, -0.05) is 12.1 Å². The number of benzene rings is 1. The number of amidine groups is 1. The van der Waals surface area contributed by atoms with Gasteiger partial charge in [-0.15, -0.1) is 11.8 Å². The van der Waals surface area contributed by atoms with Gasteiger partial charge < -0.3 is 16.2 Å². The molecule has 2 aromatic rings. The van der Waals surface area contributed by atoms with Crippen molar-refractivity contribution in [2.45, 2.75) is 44.0 Å². The van der Waals surface area contributed by atoms with E-state index in [1.165, 1.54) is 0 Å². The van der Waals surface area contributed by atoms with Crippen molar-refractivity contribution >= 4 is 33.3 Å². The molecule has 9 heteroatoms. The smallest absolute Gasteiger partial charge is 0.392 e. The summed E-state index contributed by atoms with van der Waals surface area (Å²) in [5.74, 6) is -0.0801. The minimum atomic E-state index is -4.33. The molecule has 0 radical (unpaired) electrons. The van der Waals surface area contributed by atoms with E-state index in [-0.39, 0.29) is 24.8 Å². The van der Waals surface area contributed by atoms with E-state index in [4.69, 9.17) is 5.73 Å². The van der Waals surface area contributed by atoms with E-state index < -0.39 is 18.2 Å². The van der Waals surface area contributed by atoms with E-state index in [0.29, 0.717) is 25.1 Å². The first kappa shape index (κ1) is 23.1. The number of aliphatic imine (C=N–C) groups is 1. The van der Waals surface area contributed by atoms with Crippen molar-refractivity contribution in [3.63, 3.8) is 0 Å². The number of alkyl halides is 3. The standard InChI is InChI=1S/C23H27F3N4OS/c24-23(25,26)19-4-1-14(8-20(19)31)7-18(27)11-29-22-13-32-21(12-30-22)16-2-3-17-10-28-6-5-15(17)9-16/h2-3,5-6,9-10,12,14,18-20,31H,1,4,7-8,11,13,27H2,(H,29,30)/t14?,18-,19?,20+/m0/s1. The highest BCUT2D eigenvalue weighted by molar-refractivity contribution is 8.09. The molecule has 1 aliphatic carbocycles. The molecule has 1 aromatic carbocycles. The molecule has 4 atom stereocenters. The highest BCUT2D eigenvalue weighted by atomic mass is 32.2. The lowest BCUT2D eigenvalue weighted by Crippen LogP contribution is -2.40. The molecule has 4 N–H and O–H groups in total. The van der Waals surface area contributed by atoms with E-state index >= 15 is 0 Å². The molecule has 0 amide bonds. The Morgan fingerprint density at radius 3 is 2.81 bits per heavy atom. The van der Waals surface area contributed by atoms with Gasteiger partial charge in [0.05, 0.1) is 24.3 Å². The number of halogens is 3. The predicted molar refractivity (Wildman–Crippen MR) is 123 cm³/mol. The summed E-state index contributed by atoms with van der Waals surface area (Å²) in [5.41, 5.74) is 7.32. The quantitative estimate of drug-likeness (QED) is 0.614. The van der Waals surface area contributed by atoms with Crippen molar-refractivity contribution in [1.29, 1.82) is 0 Å². The molecule has 0 saturated heterocycles. The Labute approximate surface area is 189 Å². The number of aromatic nitrogens is 1. The van der Waals surface area contributed by atoms with Gasteiger partial charge in [0, 0.05) is 34.9 Å². The monoisotopic (exact) mass is 464 g/mol. The first-order valence-corrected chi connectivity index (χ1v) is 11.8. The summed E-state index contributed by atoms with van der Waals surface area (Å²) in [6.45, 7) is 0.407. The summed E-state index contributed by atoms with van der Waals surface area (Å²) in [7, 11) is 0. The van der Waals surface area contributed by atoms with Crippen LogP contribution in [0.1, 0.15) is 31.2 Å². The SMILES string of the molecule is N[C@H](CN=C1CSC(c2ccc3cnccc3c2)=CN1)CC1CCC(C(F)(F)F)[C@H](O)C1. The number of rotatable bonds is 5. The molecule has 32 heavy (non-hydrogen) atoms. The molecule has 1 saturated carbocycles. The van der Waals surface area contributed by atoms with Crippen molar-refractivity contribution < 1.29 is 18.3 Å². The lowest BCUT2D eigenvalue weighted by Gasteiger charge is -2.35. The number of nitrogens with one attached hydrogen (secondary N) is 1. The fourth-order valence-corrected chi connectivity index (χ4v) is 5.33. The van der Waals surface area contributed by atoms with Crippen LogP contribution in [0.4, 0.5) is 13.2 Å². The van der Waals surface area contributed by atoms with Gasteiger partial charge in [-0.3, -0.25) is 9.98 Å². The van der Waals surface area contributed by atoms with Crippen LogP contribution in [-0.4, -0.2) is 46.5 Å². The molecule has 2 aliphatic rings. The third-order valence-electron chi connectivity index (χ3n) is 6.16. The average Bonchev–Trinajstić information content (AvgIpc) is 2.77. The zero-order chi connectivity index (χ0) is 22.7. The average molecular weight is 465 g/mol. The summed E-state index contributed by atoms with van der Waals surface area (Å²) in [4.78, 5) is 9.83. The number of hydrogen-bond donors (Lipinski definition) is 3. The molecule has 1 aliphatic heterocycles. The van der Waals surface area contributed by atoms with Crippen molar-refractivity contribution in [3.8, 4) is 0 Å². The van der Waals surface area contributed by atoms with Crippen molar-refractivity contribution in [2.75, 3.05) is 12.3 Å². The second-order valence-corrected chi connectivity index (χ2v) is 9.57. The van der Waals surface area contributed by atoms with Crippen molar-refractivity contribution in [2.24, 2.45) is 22.6 Å². The first-order chi connectivity index (χ1) is 15.3. The fourth-order valence-electron chi connectivity index (χ4n) is 4.43. The van der Waals surface area contributed by atoms with E-state index in [1.807, 2.05) is 18.5 Å². The molecule has 1 aromatic heterocycles. The normalized spacial score (nSPS) is 26.6. The molecule has 2 unspecified atom stereocenters. The van der Waals surface area contributed by atoms with Gasteiger partial charge >= 0.3 is 6.18 Å². The maximum atomic E-state index is 12.9. The molecule has 172 valence electrons. The van der Waals surface area contributed by atoms with Crippen LogP contribution in [0.3, 0.4) is 0 Å². The summed E-state index contributed by atoms with van der Waals surface area (Å²) >= 11 is 1.69. The Morgan fingerprint density at radius 2 is 2.09 bits per heavy atom. The largest absolute Gasteiger partial charge is 0.394 e. The van der Waals surface area contributed by atoms with Gasteiger partial charge in [0.25, 0.3) is 0 Å². The van der Waals surface area contributed by atoms with Crippen molar-refractivity contribution in [3.05, 3.63) is 48.4 Å². The lowest BCUT2D eigenvalue weighted by atomic mass is 9.77. The second-order valence-electron chi connectivity index (χ2n) is 8.56. The van der Waals surface area contributed by atoms with Crippen LogP contribution in [0.25, 0.3) is 15.7 Å². The molecule has 5 nitrogen and oxygen atoms in total. The van der Waals surface area contributed by atoms with Crippen LogP contribution >= 0.6 is 11.8 Å². The number of thioether (sulfide) groups is 1. The Morgan fingerprint density at radius 1 is 1.25 bits per heavy atom. The predicted octanol–water partition coefficient (Wildman–Crippen LogP) is 4.33. The number of nitrogens with two attached hydrogens (primary N) is 1. The first-order valence-electron chi connectivity index (χ1n) is 10.8. The molecule has 0 bridgehead atoms. The topological polar surface area (TPSA) is 83.5 Å². The number of aliphatic hydroxyl groups is 1. The van der Waals surface area contributed by atoms with Crippen LogP contribution in [-0.2, 0) is 0 Å². The summed E-state index contributed by atoms with van der Waals surface area (Å²) in [5, 5.41) is 15.4. The van der Waals surface area contributed by atoms with E-state index in [9.17, 15) is 18.3 Å². The van der Waals surface area contributed by atoms with Crippen LogP contribution in [0.15, 0.2) is 47.9 Å². The number of pyridine rings is 1. The molecular weight excluding hydrogens is 437 g/mol. The van der Waals surface area contributed by atoms with Crippen LogP contribution in [0.2, 0.25) is 0 Å². The summed E-state index contributed by atoms with van der Waals surface area (Å²) < 4.78 is 38.7. The molecule has 2 heterocycles. The van der Waals surface area contributed by atoms with Gasteiger partial charge in [-0.25, -0.2) is 0 Å². The Balaban J connectivity index is 1.28. The summed E-state index contributed by atoms with van der Waals surface area (Å²) in [6, 6.07) is 8.01. The maximum Gasteiger partial charge on any atom is 0.394 e. The minimum Gasteiger partial charge on any atom is -0.392 e. The zero-order valence-corrected chi connectivity index (χ0v) is 18.4. The molecule has 4 rings (SSSR count). The minimum absolute atomic E-state index is 0.00194. The zero-order valence-electron chi connectivity index (χ0n) is 17.6. The van der Waals surface area contributed by atoms with Crippen LogP contribution in [0, 0.1) is 11.8 Å². The van der Waals surface area contributed by atoms with Gasteiger partial charge in [-0.05, 0) is 54.7 Å². The van der Waals surface area contributed by atoms with E-state index in [1.54, 1.807) is 18.0 Å². The van der Waals surface area contributed by atoms with Gasteiger partial charge in [0.2, 0.25) is 0 Å². The third-order valence-corrected chi connectivity index (χ3v) is 7.24. The number of fused-ring (bicyclic) bond motifs is 1. The molecule has 1 fully saturated rings. The maximum absolute atomic E-state index is 12.9. The van der Waals surface area contributed by atoms with Gasteiger partial charge in [0.1, 0.15) is 5.84 Å². The lowest BCUT2D eigenvalue weighted by molar-refractivity contribution is -0.211. The number of nitrogens with zero attached hydrogens (tertiary/aromatic N) is 2. The van der Waals surface area contributed by atoms with Crippen molar-refractivity contribution in [1.82, 2.24) is 10.3 Å². The fraction of sp³-hybridized carbons (Fsp3) is 0.478. The highest BCUT2D eigenvalue weighted by Gasteiger charge is 2.46. The molecular formula is C23H27F3N4OS. The Kier molecular flexibility index (Phi) is 7.07. The Bertz CT molecular complexity index is 1010. The summed E-state index contributed by atoms with van der Waals surface area (Å²) in [6.07, 6.45) is 1.02. The molecule has 0 spiro atoms. The van der Waals surface area contributed by atoms with Gasteiger partial charge in [-0.2, -0.15) is 13.2 Å². The van der Waals surface area contributed by atoms with Crippen LogP contribution in [0.5, 0.6) is 0 Å². The Hall–Kier alpha value is -2.10. The second kappa shape index (κ2) is 9.80. The number of aliphatic hydroxyl groups excluding tert-OH is 1.